The highest BCUT2D eigenvalue weighted by atomic mass is 19.4. The molecule has 0 aliphatic rings. The highest BCUT2D eigenvalue weighted by molar-refractivity contribution is 6.13. The third-order valence-corrected chi connectivity index (χ3v) is 5.34. The number of benzene rings is 2. The predicted octanol–water partition coefficient (Wildman–Crippen LogP) is 5.72. The quantitative estimate of drug-likeness (QED) is 0.256. The van der Waals surface area contributed by atoms with Crippen LogP contribution in [0.25, 0.3) is 22.1 Å². The van der Waals surface area contributed by atoms with E-state index in [1.165, 1.54) is 49.0 Å². The van der Waals surface area contributed by atoms with E-state index in [1.807, 2.05) is 0 Å². The molecular formula is C24H16F3N5O2. The van der Waals surface area contributed by atoms with Crippen molar-refractivity contribution in [3.8, 4) is 0 Å². The lowest BCUT2D eigenvalue weighted by Crippen LogP contribution is -2.30. The van der Waals surface area contributed by atoms with Crippen LogP contribution in [0.1, 0.15) is 22.6 Å². The molecule has 0 fully saturated rings. The number of fused-ring (bicyclic) bond motifs is 3. The first kappa shape index (κ1) is 21.4. The summed E-state index contributed by atoms with van der Waals surface area (Å²) in [6, 6.07) is 13.6. The second-order valence-electron chi connectivity index (χ2n) is 7.45. The molecule has 170 valence electrons. The van der Waals surface area contributed by atoms with E-state index in [4.69, 9.17) is 20.0 Å². The van der Waals surface area contributed by atoms with Gasteiger partial charge >= 0.3 is 12.2 Å². The Balaban J connectivity index is 1.56. The van der Waals surface area contributed by atoms with E-state index in [9.17, 15) is 13.2 Å². The molecule has 3 N–H and O–H groups in total. The van der Waals surface area contributed by atoms with Gasteiger partial charge in [-0.25, -0.2) is 0 Å². The van der Waals surface area contributed by atoms with Crippen molar-refractivity contribution >= 4 is 39.6 Å². The van der Waals surface area contributed by atoms with Crippen LogP contribution in [0, 0.1) is 5.41 Å². The molecule has 0 aliphatic heterocycles. The minimum atomic E-state index is -4.70. The standard InChI is InChI=1S/C24H16F3N5O2/c25-24(26,27)19(13-7-10-30-11-8-13)20(28)14-3-1-2-4-15(14)22(29)32-23-31-21-16-9-12-33-17(16)5-6-18(21)34-23/h1-12,19,28H,(H2,29,31,32). The number of nitrogens with two attached hydrogens (primary N) is 1. The molecule has 0 saturated heterocycles. The predicted molar refractivity (Wildman–Crippen MR) is 120 cm³/mol. The number of furan rings is 1. The summed E-state index contributed by atoms with van der Waals surface area (Å²) in [4.78, 5) is 12.3. The van der Waals surface area contributed by atoms with Crippen LogP contribution in [0.5, 0.6) is 0 Å². The summed E-state index contributed by atoms with van der Waals surface area (Å²) in [5.74, 6) is -2.30. The maximum atomic E-state index is 14.0. The number of alkyl halides is 3. The molecule has 5 rings (SSSR count). The first-order valence-electron chi connectivity index (χ1n) is 10.1. The van der Waals surface area contributed by atoms with E-state index >= 15 is 0 Å². The van der Waals surface area contributed by atoms with Crippen LogP contribution in [0.4, 0.5) is 19.2 Å². The summed E-state index contributed by atoms with van der Waals surface area (Å²) in [7, 11) is 0. The Morgan fingerprint density at radius 1 is 0.971 bits per heavy atom. The van der Waals surface area contributed by atoms with Crippen molar-refractivity contribution in [2.45, 2.75) is 12.1 Å². The molecule has 1 unspecified atom stereocenters. The lowest BCUT2D eigenvalue weighted by atomic mass is 9.87. The Labute approximate surface area is 190 Å². The lowest BCUT2D eigenvalue weighted by Gasteiger charge is -2.23. The van der Waals surface area contributed by atoms with Crippen LogP contribution in [0.15, 0.2) is 87.1 Å². The van der Waals surface area contributed by atoms with Gasteiger partial charge in [0.2, 0.25) is 0 Å². The molecule has 3 aromatic heterocycles. The second kappa shape index (κ2) is 8.14. The number of rotatable bonds is 5. The fourth-order valence-electron chi connectivity index (χ4n) is 3.81. The summed E-state index contributed by atoms with van der Waals surface area (Å²) in [6.07, 6.45) is -0.661. The zero-order chi connectivity index (χ0) is 23.9. The highest BCUT2D eigenvalue weighted by Gasteiger charge is 2.44. The van der Waals surface area contributed by atoms with Crippen molar-refractivity contribution in [1.29, 1.82) is 5.41 Å². The second-order valence-corrected chi connectivity index (χ2v) is 7.45. The van der Waals surface area contributed by atoms with E-state index < -0.39 is 17.8 Å². The van der Waals surface area contributed by atoms with Crippen LogP contribution in [-0.4, -0.2) is 27.7 Å². The molecule has 0 bridgehead atoms. The van der Waals surface area contributed by atoms with E-state index in [-0.39, 0.29) is 28.5 Å². The number of nitrogens with zero attached hydrogens (tertiary/aromatic N) is 3. The van der Waals surface area contributed by atoms with Crippen molar-refractivity contribution in [2.24, 2.45) is 10.7 Å². The van der Waals surface area contributed by atoms with Crippen LogP contribution in [0.2, 0.25) is 0 Å². The average molecular weight is 463 g/mol. The van der Waals surface area contributed by atoms with Gasteiger partial charge in [0.25, 0.3) is 0 Å². The van der Waals surface area contributed by atoms with Crippen molar-refractivity contribution in [2.75, 3.05) is 0 Å². The summed E-state index contributed by atoms with van der Waals surface area (Å²) in [5, 5.41) is 9.18. The minimum absolute atomic E-state index is 0.00350. The Kier molecular flexibility index (Phi) is 5.12. The van der Waals surface area contributed by atoms with E-state index in [0.717, 1.165) is 5.39 Å². The number of halogens is 3. The van der Waals surface area contributed by atoms with Gasteiger partial charge in [0.1, 0.15) is 22.9 Å². The molecule has 0 amide bonds. The van der Waals surface area contributed by atoms with Gasteiger partial charge in [-0.1, -0.05) is 24.3 Å². The number of aliphatic imine (C=N–C) groups is 1. The molecule has 0 spiro atoms. The molecule has 34 heavy (non-hydrogen) atoms. The average Bonchev–Trinajstić information content (AvgIpc) is 3.45. The van der Waals surface area contributed by atoms with E-state index in [1.54, 1.807) is 24.3 Å². The lowest BCUT2D eigenvalue weighted by molar-refractivity contribution is -0.135. The van der Waals surface area contributed by atoms with Crippen LogP contribution >= 0.6 is 0 Å². The molecule has 0 aliphatic carbocycles. The summed E-state index contributed by atoms with van der Waals surface area (Å²) in [6.45, 7) is 0. The fourth-order valence-corrected chi connectivity index (χ4v) is 3.81. The summed E-state index contributed by atoms with van der Waals surface area (Å²) < 4.78 is 53.0. The Bertz CT molecular complexity index is 1540. The number of amidine groups is 1. The zero-order valence-corrected chi connectivity index (χ0v) is 17.4. The van der Waals surface area contributed by atoms with Crippen molar-refractivity contribution in [3.63, 3.8) is 0 Å². The van der Waals surface area contributed by atoms with Gasteiger partial charge < -0.3 is 20.0 Å². The summed E-state index contributed by atoms with van der Waals surface area (Å²) in [5.41, 5.74) is 7.17. The summed E-state index contributed by atoms with van der Waals surface area (Å²) >= 11 is 0. The van der Waals surface area contributed by atoms with Crippen molar-refractivity contribution < 1.29 is 22.0 Å². The van der Waals surface area contributed by atoms with Gasteiger partial charge in [0, 0.05) is 28.9 Å². The number of aromatic nitrogens is 2. The molecular weight excluding hydrogens is 447 g/mol. The SMILES string of the molecule is N=C(c1ccccc1/C(N)=N/c1nc2c(ccc3occc32)o1)C(c1ccncc1)C(F)(F)F. The molecule has 0 saturated carbocycles. The maximum absolute atomic E-state index is 14.0. The fraction of sp³-hybridized carbons (Fsp3) is 0.0833. The zero-order valence-electron chi connectivity index (χ0n) is 17.4. The normalized spacial score (nSPS) is 13.4. The first-order valence-corrected chi connectivity index (χ1v) is 10.1. The molecule has 7 nitrogen and oxygen atoms in total. The molecule has 5 aromatic rings. The third-order valence-electron chi connectivity index (χ3n) is 5.34. The Morgan fingerprint density at radius 2 is 1.68 bits per heavy atom. The number of hydrogen-bond acceptors (Lipinski definition) is 6. The number of nitrogens with one attached hydrogen (secondary N) is 1. The largest absolute Gasteiger partial charge is 0.464 e. The molecule has 10 heteroatoms. The minimum Gasteiger partial charge on any atom is -0.464 e. The molecule has 3 heterocycles. The van der Waals surface area contributed by atoms with Gasteiger partial charge in [-0.05, 0) is 35.9 Å². The number of oxazole rings is 1. The van der Waals surface area contributed by atoms with Crippen molar-refractivity contribution in [3.05, 3.63) is 89.9 Å². The smallest absolute Gasteiger partial charge is 0.401 e. The maximum Gasteiger partial charge on any atom is 0.401 e. The van der Waals surface area contributed by atoms with Crippen molar-refractivity contribution in [1.82, 2.24) is 9.97 Å². The monoisotopic (exact) mass is 463 g/mol. The Hall–Kier alpha value is -4.47. The van der Waals surface area contributed by atoms with Gasteiger partial charge in [-0.15, -0.1) is 0 Å². The van der Waals surface area contributed by atoms with Gasteiger partial charge in [-0.2, -0.15) is 23.1 Å². The third kappa shape index (κ3) is 3.79. The topological polar surface area (TPSA) is 114 Å². The van der Waals surface area contributed by atoms with Crippen LogP contribution < -0.4 is 5.73 Å². The van der Waals surface area contributed by atoms with Gasteiger partial charge in [0.15, 0.2) is 5.58 Å². The van der Waals surface area contributed by atoms with Gasteiger partial charge in [-0.3, -0.25) is 4.98 Å². The van der Waals surface area contributed by atoms with E-state index in [0.29, 0.717) is 16.7 Å². The number of pyridine rings is 1. The molecule has 1 atom stereocenters. The molecule has 2 aromatic carbocycles. The first-order chi connectivity index (χ1) is 16.3. The number of hydrogen-bond donors (Lipinski definition) is 2. The Morgan fingerprint density at radius 3 is 2.41 bits per heavy atom. The van der Waals surface area contributed by atoms with E-state index in [2.05, 4.69) is 15.0 Å². The van der Waals surface area contributed by atoms with Gasteiger partial charge in [0.05, 0.1) is 12.0 Å². The van der Waals surface area contributed by atoms with Crippen LogP contribution in [-0.2, 0) is 0 Å². The molecule has 0 radical (unpaired) electrons. The van der Waals surface area contributed by atoms with Crippen LogP contribution in [0.3, 0.4) is 0 Å². The highest BCUT2D eigenvalue weighted by Crippen LogP contribution is 2.38.